The fraction of sp³-hybridized carbons (Fsp3) is 0.400. The number of carboxylic acid groups (broad SMARTS) is 1. The standard InChI is InChI=1S/C15H17ClN2O2/c1-17-9-13(12-8-11(16)2-3-14(12)17)10-4-6-18(7-5-10)15(19)20/h2-3,8-10H,4-7H2,1H3,(H,19,20). The molecule has 0 bridgehead atoms. The molecule has 2 heterocycles. The molecule has 1 aromatic heterocycles. The summed E-state index contributed by atoms with van der Waals surface area (Å²) in [7, 11) is 2.03. The monoisotopic (exact) mass is 292 g/mol. The number of benzene rings is 1. The first-order valence-corrected chi connectivity index (χ1v) is 7.16. The smallest absolute Gasteiger partial charge is 0.407 e. The number of rotatable bonds is 1. The molecule has 0 aliphatic carbocycles. The topological polar surface area (TPSA) is 45.5 Å². The highest BCUT2D eigenvalue weighted by Gasteiger charge is 2.25. The molecule has 20 heavy (non-hydrogen) atoms. The molecule has 1 aromatic carbocycles. The number of carbonyl (C=O) groups is 1. The number of likely N-dealkylation sites (tertiary alicyclic amines) is 1. The van der Waals surface area contributed by atoms with E-state index >= 15 is 0 Å². The predicted molar refractivity (Wildman–Crippen MR) is 79.5 cm³/mol. The number of hydrogen-bond donors (Lipinski definition) is 1. The summed E-state index contributed by atoms with van der Waals surface area (Å²) in [6.07, 6.45) is 3.09. The average Bonchev–Trinajstić information content (AvgIpc) is 2.75. The third kappa shape index (κ3) is 2.24. The first-order chi connectivity index (χ1) is 9.56. The molecule has 0 unspecified atom stereocenters. The maximum atomic E-state index is 11.0. The van der Waals surface area contributed by atoms with Crippen LogP contribution in [0.5, 0.6) is 0 Å². The number of amides is 1. The van der Waals surface area contributed by atoms with Gasteiger partial charge in [0.15, 0.2) is 0 Å². The van der Waals surface area contributed by atoms with Crippen molar-refractivity contribution in [3.63, 3.8) is 0 Å². The molecule has 1 amide bonds. The molecule has 1 N–H and O–H groups in total. The Hall–Kier alpha value is -1.68. The van der Waals surface area contributed by atoms with Gasteiger partial charge in [0.2, 0.25) is 0 Å². The second kappa shape index (κ2) is 5.02. The van der Waals surface area contributed by atoms with E-state index < -0.39 is 6.09 Å². The van der Waals surface area contributed by atoms with Crippen LogP contribution in [-0.2, 0) is 7.05 Å². The van der Waals surface area contributed by atoms with Crippen LogP contribution in [0.15, 0.2) is 24.4 Å². The van der Waals surface area contributed by atoms with Gasteiger partial charge >= 0.3 is 6.09 Å². The Morgan fingerprint density at radius 3 is 2.70 bits per heavy atom. The maximum Gasteiger partial charge on any atom is 0.407 e. The summed E-state index contributed by atoms with van der Waals surface area (Å²) in [5, 5.41) is 10.9. The largest absolute Gasteiger partial charge is 0.465 e. The highest BCUT2D eigenvalue weighted by atomic mass is 35.5. The molecule has 5 heteroatoms. The highest BCUT2D eigenvalue weighted by molar-refractivity contribution is 6.31. The maximum absolute atomic E-state index is 11.0. The van der Waals surface area contributed by atoms with E-state index in [0.717, 1.165) is 17.9 Å². The summed E-state index contributed by atoms with van der Waals surface area (Å²) in [6, 6.07) is 5.95. The van der Waals surface area contributed by atoms with Gasteiger partial charge in [-0.1, -0.05) is 11.6 Å². The summed E-state index contributed by atoms with van der Waals surface area (Å²) in [4.78, 5) is 12.5. The van der Waals surface area contributed by atoms with Gasteiger partial charge in [0.25, 0.3) is 0 Å². The quantitative estimate of drug-likeness (QED) is 0.871. The Kier molecular flexibility index (Phi) is 3.34. The van der Waals surface area contributed by atoms with E-state index in [2.05, 4.69) is 10.8 Å². The van der Waals surface area contributed by atoms with Crippen LogP contribution in [0.25, 0.3) is 10.9 Å². The van der Waals surface area contributed by atoms with Gasteiger partial charge in [0.1, 0.15) is 0 Å². The van der Waals surface area contributed by atoms with Gasteiger partial charge in [0, 0.05) is 42.3 Å². The lowest BCUT2D eigenvalue weighted by molar-refractivity contribution is 0.132. The highest BCUT2D eigenvalue weighted by Crippen LogP contribution is 2.35. The molecular formula is C15H17ClN2O2. The van der Waals surface area contributed by atoms with Crippen LogP contribution in [0.1, 0.15) is 24.3 Å². The molecule has 0 saturated carbocycles. The Morgan fingerprint density at radius 1 is 1.35 bits per heavy atom. The van der Waals surface area contributed by atoms with Crippen molar-refractivity contribution in [2.75, 3.05) is 13.1 Å². The Morgan fingerprint density at radius 2 is 2.05 bits per heavy atom. The predicted octanol–water partition coefficient (Wildman–Crippen LogP) is 3.69. The zero-order valence-corrected chi connectivity index (χ0v) is 12.1. The number of aromatic nitrogens is 1. The number of piperidine rings is 1. The summed E-state index contributed by atoms with van der Waals surface area (Å²) >= 11 is 6.11. The fourth-order valence-corrected chi connectivity index (χ4v) is 3.27. The van der Waals surface area contributed by atoms with Gasteiger partial charge in [0.05, 0.1) is 0 Å². The van der Waals surface area contributed by atoms with E-state index in [1.54, 1.807) is 0 Å². The van der Waals surface area contributed by atoms with Crippen molar-refractivity contribution in [1.82, 2.24) is 9.47 Å². The van der Waals surface area contributed by atoms with Crippen molar-refractivity contribution in [3.8, 4) is 0 Å². The van der Waals surface area contributed by atoms with Crippen LogP contribution in [-0.4, -0.2) is 33.8 Å². The van der Waals surface area contributed by atoms with Crippen molar-refractivity contribution in [2.45, 2.75) is 18.8 Å². The van der Waals surface area contributed by atoms with Gasteiger partial charge in [-0.25, -0.2) is 4.79 Å². The molecule has 0 spiro atoms. The van der Waals surface area contributed by atoms with Crippen molar-refractivity contribution in [1.29, 1.82) is 0 Å². The molecule has 1 saturated heterocycles. The van der Waals surface area contributed by atoms with Crippen LogP contribution in [0, 0.1) is 0 Å². The van der Waals surface area contributed by atoms with Gasteiger partial charge < -0.3 is 14.6 Å². The molecule has 1 aliphatic rings. The van der Waals surface area contributed by atoms with E-state index in [1.165, 1.54) is 21.4 Å². The minimum absolute atomic E-state index is 0.410. The van der Waals surface area contributed by atoms with E-state index in [1.807, 2.05) is 25.2 Å². The molecular weight excluding hydrogens is 276 g/mol. The van der Waals surface area contributed by atoms with E-state index in [0.29, 0.717) is 19.0 Å². The van der Waals surface area contributed by atoms with Crippen molar-refractivity contribution in [3.05, 3.63) is 35.0 Å². The number of hydrogen-bond acceptors (Lipinski definition) is 1. The third-order valence-electron chi connectivity index (χ3n) is 4.19. The van der Waals surface area contributed by atoms with E-state index in [-0.39, 0.29) is 0 Å². The lowest BCUT2D eigenvalue weighted by Crippen LogP contribution is -2.36. The lowest BCUT2D eigenvalue weighted by atomic mass is 9.89. The van der Waals surface area contributed by atoms with Crippen molar-refractivity contribution < 1.29 is 9.90 Å². The molecule has 3 rings (SSSR count). The SMILES string of the molecule is Cn1cc(C2CCN(C(=O)O)CC2)c2cc(Cl)ccc21. The Labute approximate surface area is 122 Å². The van der Waals surface area contributed by atoms with Gasteiger partial charge in [-0.3, -0.25) is 0 Å². The van der Waals surface area contributed by atoms with Crippen molar-refractivity contribution >= 4 is 28.6 Å². The zero-order chi connectivity index (χ0) is 14.3. The average molecular weight is 293 g/mol. The van der Waals surface area contributed by atoms with Crippen molar-refractivity contribution in [2.24, 2.45) is 7.05 Å². The Bertz CT molecular complexity index is 657. The molecule has 0 radical (unpaired) electrons. The van der Waals surface area contributed by atoms with Crippen LogP contribution in [0.2, 0.25) is 5.02 Å². The summed E-state index contributed by atoms with van der Waals surface area (Å²) < 4.78 is 2.12. The molecule has 106 valence electrons. The fourth-order valence-electron chi connectivity index (χ4n) is 3.10. The van der Waals surface area contributed by atoms with Gasteiger partial charge in [-0.15, -0.1) is 0 Å². The number of nitrogens with zero attached hydrogens (tertiary/aromatic N) is 2. The second-order valence-electron chi connectivity index (χ2n) is 5.40. The van der Waals surface area contributed by atoms with Gasteiger partial charge in [-0.2, -0.15) is 0 Å². The Balaban J connectivity index is 1.92. The number of aryl methyl sites for hydroxylation is 1. The van der Waals surface area contributed by atoms with Crippen LogP contribution in [0.3, 0.4) is 0 Å². The normalized spacial score (nSPS) is 16.8. The third-order valence-corrected chi connectivity index (χ3v) is 4.42. The second-order valence-corrected chi connectivity index (χ2v) is 5.84. The van der Waals surface area contributed by atoms with Gasteiger partial charge in [-0.05, 0) is 42.5 Å². The number of halogens is 1. The molecule has 4 nitrogen and oxygen atoms in total. The lowest BCUT2D eigenvalue weighted by Gasteiger charge is -2.29. The molecule has 2 aromatic rings. The first kappa shape index (κ1) is 13.3. The summed E-state index contributed by atoms with van der Waals surface area (Å²) in [5.41, 5.74) is 2.46. The van der Waals surface area contributed by atoms with E-state index in [9.17, 15) is 4.79 Å². The van der Waals surface area contributed by atoms with Crippen LogP contribution in [0.4, 0.5) is 4.79 Å². The minimum atomic E-state index is -0.815. The minimum Gasteiger partial charge on any atom is -0.465 e. The van der Waals surface area contributed by atoms with E-state index in [4.69, 9.17) is 16.7 Å². The molecule has 1 aliphatic heterocycles. The summed E-state index contributed by atoms with van der Waals surface area (Å²) in [5.74, 6) is 0.410. The first-order valence-electron chi connectivity index (χ1n) is 6.78. The van der Waals surface area contributed by atoms with Crippen LogP contribution >= 0.6 is 11.6 Å². The number of fused-ring (bicyclic) bond motifs is 1. The van der Waals surface area contributed by atoms with Crippen LogP contribution < -0.4 is 0 Å². The molecule has 1 fully saturated rings. The molecule has 0 atom stereocenters. The zero-order valence-electron chi connectivity index (χ0n) is 11.3. The summed E-state index contributed by atoms with van der Waals surface area (Å²) in [6.45, 7) is 1.22.